The number of rotatable bonds is 4. The highest BCUT2D eigenvalue weighted by molar-refractivity contribution is 5.94. The first-order chi connectivity index (χ1) is 11.0. The Labute approximate surface area is 132 Å². The van der Waals surface area contributed by atoms with E-state index in [-0.39, 0.29) is 11.4 Å². The van der Waals surface area contributed by atoms with Gasteiger partial charge in [0, 0.05) is 23.6 Å². The van der Waals surface area contributed by atoms with Crippen LogP contribution in [0.3, 0.4) is 0 Å². The van der Waals surface area contributed by atoms with Crippen molar-refractivity contribution in [3.8, 4) is 0 Å². The highest BCUT2D eigenvalue weighted by atomic mass is 19.1. The zero-order valence-electron chi connectivity index (χ0n) is 12.6. The van der Waals surface area contributed by atoms with Crippen molar-refractivity contribution >= 4 is 16.8 Å². The van der Waals surface area contributed by atoms with E-state index in [9.17, 15) is 13.6 Å². The maximum atomic E-state index is 13.7. The minimum atomic E-state index is -0.540. The smallest absolute Gasteiger partial charge is 0.254 e. The Kier molecular flexibility index (Phi) is 4.10. The summed E-state index contributed by atoms with van der Waals surface area (Å²) in [5, 5.41) is 3.49. The van der Waals surface area contributed by atoms with Gasteiger partial charge in [0.2, 0.25) is 0 Å². The minimum Gasteiger partial charge on any atom is -0.361 e. The molecule has 0 aliphatic heterocycles. The van der Waals surface area contributed by atoms with Crippen molar-refractivity contribution in [2.45, 2.75) is 13.3 Å². The topological polar surface area (TPSA) is 44.9 Å². The van der Waals surface area contributed by atoms with Gasteiger partial charge in [-0.2, -0.15) is 0 Å². The van der Waals surface area contributed by atoms with Crippen LogP contribution in [-0.4, -0.2) is 17.4 Å². The number of amides is 1. The molecule has 2 aromatic carbocycles. The van der Waals surface area contributed by atoms with Crippen LogP contribution in [0.25, 0.3) is 10.9 Å². The number of hydrogen-bond acceptors (Lipinski definition) is 1. The monoisotopic (exact) mass is 314 g/mol. The molecule has 0 aliphatic rings. The highest BCUT2D eigenvalue weighted by Crippen LogP contribution is 2.19. The molecule has 0 bridgehead atoms. The number of carbonyl (C=O) groups excluding carboxylic acids is 1. The molecule has 0 aliphatic carbocycles. The van der Waals surface area contributed by atoms with Crippen molar-refractivity contribution in [1.29, 1.82) is 0 Å². The number of nitrogens with one attached hydrogen (secondary N) is 2. The number of aryl methyl sites for hydroxylation is 1. The van der Waals surface area contributed by atoms with Gasteiger partial charge in [0.05, 0.1) is 5.56 Å². The molecule has 1 amide bonds. The van der Waals surface area contributed by atoms with Crippen molar-refractivity contribution in [1.82, 2.24) is 10.3 Å². The lowest BCUT2D eigenvalue weighted by Crippen LogP contribution is -2.26. The van der Waals surface area contributed by atoms with E-state index in [2.05, 4.69) is 10.3 Å². The average Bonchev–Trinajstić information content (AvgIpc) is 2.92. The van der Waals surface area contributed by atoms with E-state index in [1.54, 1.807) is 25.3 Å². The predicted octanol–water partition coefficient (Wildman–Crippen LogP) is 3.73. The summed E-state index contributed by atoms with van der Waals surface area (Å²) in [4.78, 5) is 15.1. The molecule has 0 saturated heterocycles. The molecule has 0 atom stereocenters. The minimum absolute atomic E-state index is 0.0370. The van der Waals surface area contributed by atoms with Gasteiger partial charge < -0.3 is 10.3 Å². The number of carbonyl (C=O) groups is 1. The summed E-state index contributed by atoms with van der Waals surface area (Å²) in [6, 6.07) is 8.95. The molecule has 0 saturated carbocycles. The van der Waals surface area contributed by atoms with Crippen molar-refractivity contribution < 1.29 is 13.6 Å². The third kappa shape index (κ3) is 3.23. The largest absolute Gasteiger partial charge is 0.361 e. The lowest BCUT2D eigenvalue weighted by atomic mass is 10.1. The summed E-state index contributed by atoms with van der Waals surface area (Å²) in [5.41, 5.74) is 2.61. The number of aromatic amines is 1. The number of fused-ring (bicyclic) bond motifs is 1. The van der Waals surface area contributed by atoms with Crippen LogP contribution < -0.4 is 5.32 Å². The van der Waals surface area contributed by atoms with Crippen LogP contribution in [-0.2, 0) is 6.42 Å². The van der Waals surface area contributed by atoms with E-state index in [1.807, 2.05) is 0 Å². The Morgan fingerprint density at radius 1 is 1.17 bits per heavy atom. The van der Waals surface area contributed by atoms with Crippen LogP contribution in [0.5, 0.6) is 0 Å². The average molecular weight is 314 g/mol. The first-order valence-corrected chi connectivity index (χ1v) is 7.34. The summed E-state index contributed by atoms with van der Waals surface area (Å²) in [5.74, 6) is -1.29. The maximum Gasteiger partial charge on any atom is 0.254 e. The van der Waals surface area contributed by atoms with Gasteiger partial charge in [-0.3, -0.25) is 4.79 Å². The van der Waals surface area contributed by atoms with Gasteiger partial charge in [-0.25, -0.2) is 8.78 Å². The summed E-state index contributed by atoms with van der Waals surface area (Å²) < 4.78 is 27.0. The summed E-state index contributed by atoms with van der Waals surface area (Å²) >= 11 is 0. The van der Waals surface area contributed by atoms with Crippen LogP contribution in [0.4, 0.5) is 8.78 Å². The zero-order chi connectivity index (χ0) is 16.4. The number of halogens is 2. The first kappa shape index (κ1) is 15.2. The molecule has 118 valence electrons. The highest BCUT2D eigenvalue weighted by Gasteiger charge is 2.12. The summed E-state index contributed by atoms with van der Waals surface area (Å²) in [6.45, 7) is 2.15. The van der Waals surface area contributed by atoms with Gasteiger partial charge >= 0.3 is 0 Å². The molecule has 2 N–H and O–H groups in total. The fraction of sp³-hybridized carbons (Fsp3) is 0.167. The third-order valence-corrected chi connectivity index (χ3v) is 3.78. The van der Waals surface area contributed by atoms with E-state index in [0.717, 1.165) is 22.0 Å². The van der Waals surface area contributed by atoms with E-state index in [4.69, 9.17) is 0 Å². The number of hydrogen-bond donors (Lipinski definition) is 2. The molecule has 3 nitrogen and oxygen atoms in total. The van der Waals surface area contributed by atoms with Crippen LogP contribution in [0.2, 0.25) is 0 Å². The van der Waals surface area contributed by atoms with Gasteiger partial charge in [-0.1, -0.05) is 11.6 Å². The Hall–Kier alpha value is -2.69. The summed E-state index contributed by atoms with van der Waals surface area (Å²) in [7, 11) is 0. The quantitative estimate of drug-likeness (QED) is 0.757. The Morgan fingerprint density at radius 2 is 2.00 bits per heavy atom. The second-order valence-corrected chi connectivity index (χ2v) is 5.49. The number of aromatic nitrogens is 1. The number of benzene rings is 2. The van der Waals surface area contributed by atoms with Gasteiger partial charge in [-0.05, 0) is 49.2 Å². The lowest BCUT2D eigenvalue weighted by molar-refractivity contribution is 0.0950. The van der Waals surface area contributed by atoms with Gasteiger partial charge in [0.1, 0.15) is 11.6 Å². The molecule has 0 radical (unpaired) electrons. The predicted molar refractivity (Wildman–Crippen MR) is 85.4 cm³/mol. The van der Waals surface area contributed by atoms with Crippen LogP contribution in [0, 0.1) is 18.6 Å². The van der Waals surface area contributed by atoms with Crippen LogP contribution >= 0.6 is 0 Å². The molecule has 5 heteroatoms. The maximum absolute atomic E-state index is 13.7. The van der Waals surface area contributed by atoms with Crippen molar-refractivity contribution in [2.24, 2.45) is 0 Å². The number of H-pyrrole nitrogens is 1. The van der Waals surface area contributed by atoms with E-state index < -0.39 is 11.7 Å². The SMILES string of the molecule is Cc1ccc(F)c(C(=O)NCCc2c[nH]c3ccc(F)cc23)c1. The van der Waals surface area contributed by atoms with E-state index in [0.29, 0.717) is 13.0 Å². The van der Waals surface area contributed by atoms with Crippen LogP contribution in [0.1, 0.15) is 21.5 Å². The fourth-order valence-corrected chi connectivity index (χ4v) is 2.58. The van der Waals surface area contributed by atoms with E-state index in [1.165, 1.54) is 24.3 Å². The molecule has 0 unspecified atom stereocenters. The molecule has 1 aromatic heterocycles. The zero-order valence-corrected chi connectivity index (χ0v) is 12.6. The van der Waals surface area contributed by atoms with Gasteiger partial charge in [-0.15, -0.1) is 0 Å². The molecule has 0 fully saturated rings. The Balaban J connectivity index is 1.67. The van der Waals surface area contributed by atoms with E-state index >= 15 is 0 Å². The first-order valence-electron chi connectivity index (χ1n) is 7.34. The van der Waals surface area contributed by atoms with Gasteiger partial charge in [0.15, 0.2) is 0 Å². The molecular weight excluding hydrogens is 298 g/mol. The standard InChI is InChI=1S/C18H16F2N2O/c1-11-2-4-16(20)15(8-11)18(23)21-7-6-12-10-22-17-5-3-13(19)9-14(12)17/h2-5,8-10,22H,6-7H2,1H3,(H,21,23). The molecular formula is C18H16F2N2O. The molecule has 23 heavy (non-hydrogen) atoms. The fourth-order valence-electron chi connectivity index (χ4n) is 2.58. The van der Waals surface area contributed by atoms with Crippen molar-refractivity contribution in [3.05, 3.63) is 70.9 Å². The van der Waals surface area contributed by atoms with Crippen molar-refractivity contribution in [3.63, 3.8) is 0 Å². The Bertz CT molecular complexity index is 871. The molecule has 3 aromatic rings. The summed E-state index contributed by atoms with van der Waals surface area (Å²) in [6.07, 6.45) is 2.33. The normalized spacial score (nSPS) is 10.9. The second kappa shape index (κ2) is 6.20. The third-order valence-electron chi connectivity index (χ3n) is 3.78. The van der Waals surface area contributed by atoms with Gasteiger partial charge in [0.25, 0.3) is 5.91 Å². The van der Waals surface area contributed by atoms with Crippen molar-refractivity contribution in [2.75, 3.05) is 6.54 Å². The molecule has 3 rings (SSSR count). The van der Waals surface area contributed by atoms with Crippen LogP contribution in [0.15, 0.2) is 42.6 Å². The Morgan fingerprint density at radius 3 is 2.83 bits per heavy atom. The molecule has 1 heterocycles. The lowest BCUT2D eigenvalue weighted by Gasteiger charge is -2.07. The second-order valence-electron chi connectivity index (χ2n) is 5.49. The molecule has 0 spiro atoms.